The maximum atomic E-state index is 4.92. The van der Waals surface area contributed by atoms with E-state index >= 15 is 0 Å². The lowest BCUT2D eigenvalue weighted by molar-refractivity contribution is 0.272. The van der Waals surface area contributed by atoms with Crippen LogP contribution in [0.1, 0.15) is 31.0 Å². The Hall–Kier alpha value is -3.05. The van der Waals surface area contributed by atoms with Crippen molar-refractivity contribution < 1.29 is 0 Å². The standard InChI is InChI=1S/C25H27N5/c1-18-6-5-14-29(18)15-12-20-8-10-23-21(16-20)9-11-24(28-23)22-17-27-30(19(22)2)25-7-3-4-13-26-25/h3-4,7-11,13,16-18H,5-6,12,14-15H2,1-2H3/t18-/m1/s1. The van der Waals surface area contributed by atoms with E-state index in [4.69, 9.17) is 4.98 Å². The van der Waals surface area contributed by atoms with Crippen molar-refractivity contribution in [2.24, 2.45) is 0 Å². The summed E-state index contributed by atoms with van der Waals surface area (Å²) >= 11 is 0. The Morgan fingerprint density at radius 1 is 1.10 bits per heavy atom. The number of hydrogen-bond donors (Lipinski definition) is 0. The van der Waals surface area contributed by atoms with Crippen LogP contribution in [0, 0.1) is 6.92 Å². The van der Waals surface area contributed by atoms with Gasteiger partial charge in [0.05, 0.1) is 23.1 Å². The Kier molecular flexibility index (Phi) is 5.05. The second-order valence-electron chi connectivity index (χ2n) is 8.24. The Bertz CT molecular complexity index is 1160. The second kappa shape index (κ2) is 8.00. The molecule has 0 unspecified atom stereocenters. The number of nitrogens with zero attached hydrogens (tertiary/aromatic N) is 5. The third kappa shape index (κ3) is 3.61. The van der Waals surface area contributed by atoms with Crippen molar-refractivity contribution in [3.8, 4) is 17.1 Å². The average molecular weight is 398 g/mol. The Labute approximate surface area is 177 Å². The molecule has 4 heterocycles. The van der Waals surface area contributed by atoms with Gasteiger partial charge in [-0.05, 0) is 75.5 Å². The van der Waals surface area contributed by atoms with Crippen LogP contribution in [0.3, 0.4) is 0 Å². The lowest BCUT2D eigenvalue weighted by Crippen LogP contribution is -2.28. The molecule has 5 heteroatoms. The van der Waals surface area contributed by atoms with Gasteiger partial charge in [0, 0.05) is 29.7 Å². The zero-order chi connectivity index (χ0) is 20.5. The minimum absolute atomic E-state index is 0.727. The molecule has 30 heavy (non-hydrogen) atoms. The number of likely N-dealkylation sites (tertiary alicyclic amines) is 1. The van der Waals surface area contributed by atoms with Crippen LogP contribution in [0.2, 0.25) is 0 Å². The molecule has 3 aromatic heterocycles. The zero-order valence-electron chi connectivity index (χ0n) is 17.6. The molecule has 5 nitrogen and oxygen atoms in total. The topological polar surface area (TPSA) is 46.8 Å². The van der Waals surface area contributed by atoms with Crippen LogP contribution in [-0.4, -0.2) is 43.8 Å². The summed E-state index contributed by atoms with van der Waals surface area (Å²) in [4.78, 5) is 11.9. The van der Waals surface area contributed by atoms with Crippen LogP contribution in [0.15, 0.2) is 60.9 Å². The summed E-state index contributed by atoms with van der Waals surface area (Å²) in [5.74, 6) is 0.819. The van der Waals surface area contributed by atoms with E-state index in [2.05, 4.69) is 59.2 Å². The van der Waals surface area contributed by atoms with E-state index in [-0.39, 0.29) is 0 Å². The maximum absolute atomic E-state index is 4.92. The molecule has 0 saturated carbocycles. The largest absolute Gasteiger partial charge is 0.300 e. The predicted octanol–water partition coefficient (Wildman–Crippen LogP) is 4.82. The summed E-state index contributed by atoms with van der Waals surface area (Å²) in [6.45, 7) is 6.79. The van der Waals surface area contributed by atoms with Gasteiger partial charge < -0.3 is 4.90 Å². The summed E-state index contributed by atoms with van der Waals surface area (Å²) in [5, 5.41) is 5.73. The lowest BCUT2D eigenvalue weighted by atomic mass is 10.1. The van der Waals surface area contributed by atoms with Crippen molar-refractivity contribution in [1.82, 2.24) is 24.6 Å². The van der Waals surface area contributed by atoms with Gasteiger partial charge in [-0.25, -0.2) is 14.6 Å². The van der Waals surface area contributed by atoms with Crippen molar-refractivity contribution in [3.63, 3.8) is 0 Å². The van der Waals surface area contributed by atoms with Gasteiger partial charge in [0.15, 0.2) is 5.82 Å². The highest BCUT2D eigenvalue weighted by Crippen LogP contribution is 2.26. The molecular formula is C25H27N5. The van der Waals surface area contributed by atoms with Gasteiger partial charge in [-0.2, -0.15) is 5.10 Å². The van der Waals surface area contributed by atoms with Gasteiger partial charge >= 0.3 is 0 Å². The van der Waals surface area contributed by atoms with Gasteiger partial charge in [0.1, 0.15) is 0 Å². The van der Waals surface area contributed by atoms with E-state index in [0.717, 1.165) is 47.3 Å². The molecular weight excluding hydrogens is 370 g/mol. The molecule has 1 aliphatic heterocycles. The van der Waals surface area contributed by atoms with E-state index in [1.165, 1.54) is 30.3 Å². The SMILES string of the molecule is Cc1c(-c2ccc3cc(CCN4CCC[C@H]4C)ccc3n2)cnn1-c1ccccn1. The van der Waals surface area contributed by atoms with Crippen molar-refractivity contribution in [2.75, 3.05) is 13.1 Å². The number of benzene rings is 1. The molecule has 0 aliphatic carbocycles. The normalized spacial score (nSPS) is 17.1. The maximum Gasteiger partial charge on any atom is 0.153 e. The molecule has 1 saturated heterocycles. The van der Waals surface area contributed by atoms with Gasteiger partial charge in [-0.15, -0.1) is 0 Å². The van der Waals surface area contributed by atoms with Crippen LogP contribution in [0.5, 0.6) is 0 Å². The molecule has 1 fully saturated rings. The minimum atomic E-state index is 0.727. The molecule has 1 atom stereocenters. The minimum Gasteiger partial charge on any atom is -0.300 e. The third-order valence-corrected chi connectivity index (χ3v) is 6.28. The summed E-state index contributed by atoms with van der Waals surface area (Å²) in [7, 11) is 0. The van der Waals surface area contributed by atoms with Crippen LogP contribution in [-0.2, 0) is 6.42 Å². The van der Waals surface area contributed by atoms with E-state index < -0.39 is 0 Å². The first-order valence-electron chi connectivity index (χ1n) is 10.8. The fourth-order valence-electron chi connectivity index (χ4n) is 4.45. The summed E-state index contributed by atoms with van der Waals surface area (Å²) in [6, 6.07) is 17.5. The highest BCUT2D eigenvalue weighted by atomic mass is 15.3. The van der Waals surface area contributed by atoms with Gasteiger partial charge in [0.25, 0.3) is 0 Å². The number of fused-ring (bicyclic) bond motifs is 1. The van der Waals surface area contributed by atoms with E-state index in [1.54, 1.807) is 6.20 Å². The number of rotatable bonds is 5. The smallest absolute Gasteiger partial charge is 0.153 e. The Morgan fingerprint density at radius 3 is 2.83 bits per heavy atom. The van der Waals surface area contributed by atoms with E-state index in [9.17, 15) is 0 Å². The quantitative estimate of drug-likeness (QED) is 0.484. The molecule has 1 aliphatic rings. The van der Waals surface area contributed by atoms with Crippen LogP contribution in [0.4, 0.5) is 0 Å². The van der Waals surface area contributed by atoms with Crippen LogP contribution in [0.25, 0.3) is 28.0 Å². The number of pyridine rings is 2. The summed E-state index contributed by atoms with van der Waals surface area (Å²) < 4.78 is 1.86. The van der Waals surface area contributed by atoms with Gasteiger partial charge in [-0.3, -0.25) is 0 Å². The van der Waals surface area contributed by atoms with Crippen molar-refractivity contribution in [3.05, 3.63) is 72.2 Å². The molecule has 5 rings (SSSR count). The highest BCUT2D eigenvalue weighted by molar-refractivity contribution is 5.82. The first-order chi connectivity index (χ1) is 14.7. The van der Waals surface area contributed by atoms with Crippen molar-refractivity contribution in [1.29, 1.82) is 0 Å². The van der Waals surface area contributed by atoms with Crippen LogP contribution >= 0.6 is 0 Å². The van der Waals surface area contributed by atoms with Crippen LogP contribution < -0.4 is 0 Å². The molecule has 0 bridgehead atoms. The summed E-state index contributed by atoms with van der Waals surface area (Å²) in [5.41, 5.74) is 5.43. The van der Waals surface area contributed by atoms with Crippen molar-refractivity contribution in [2.45, 2.75) is 39.2 Å². The third-order valence-electron chi connectivity index (χ3n) is 6.28. The summed E-state index contributed by atoms with van der Waals surface area (Å²) in [6.07, 6.45) is 7.43. The first-order valence-corrected chi connectivity index (χ1v) is 10.8. The first kappa shape index (κ1) is 18.9. The zero-order valence-corrected chi connectivity index (χ0v) is 17.6. The second-order valence-corrected chi connectivity index (χ2v) is 8.24. The fraction of sp³-hybridized carbons (Fsp3) is 0.320. The van der Waals surface area contributed by atoms with Gasteiger partial charge in [0.2, 0.25) is 0 Å². The molecule has 4 aromatic rings. The van der Waals surface area contributed by atoms with Crippen molar-refractivity contribution >= 4 is 10.9 Å². The van der Waals surface area contributed by atoms with E-state index in [0.29, 0.717) is 0 Å². The molecule has 0 N–H and O–H groups in total. The molecule has 1 aromatic carbocycles. The molecule has 0 spiro atoms. The molecule has 152 valence electrons. The highest BCUT2D eigenvalue weighted by Gasteiger charge is 2.19. The Morgan fingerprint density at radius 2 is 2.03 bits per heavy atom. The number of hydrogen-bond acceptors (Lipinski definition) is 4. The Balaban J connectivity index is 1.39. The fourth-order valence-corrected chi connectivity index (χ4v) is 4.45. The van der Waals surface area contributed by atoms with E-state index in [1.807, 2.05) is 29.1 Å². The average Bonchev–Trinajstić information content (AvgIpc) is 3.37. The van der Waals surface area contributed by atoms with Gasteiger partial charge in [-0.1, -0.05) is 18.2 Å². The lowest BCUT2D eigenvalue weighted by Gasteiger charge is -2.20. The monoisotopic (exact) mass is 397 g/mol. The predicted molar refractivity (Wildman–Crippen MR) is 121 cm³/mol. The number of aromatic nitrogens is 4. The molecule has 0 amide bonds. The molecule has 0 radical (unpaired) electrons.